The van der Waals surface area contributed by atoms with Crippen LogP contribution in [0.3, 0.4) is 0 Å². The molecule has 3 heterocycles. The van der Waals surface area contributed by atoms with Crippen LogP contribution in [0.5, 0.6) is 5.75 Å². The smallest absolute Gasteiger partial charge is 0.231 e. The number of anilines is 1. The molecule has 8 rings (SSSR count). The Morgan fingerprint density at radius 1 is 0.980 bits per heavy atom. The molecule has 7 nitrogen and oxygen atoms in total. The van der Waals surface area contributed by atoms with Gasteiger partial charge in [0.05, 0.1) is 17.0 Å². The SMILES string of the molecule is COc1ccc(C23CCC(CN(C(=O)C4CCC(N5CCC(N(C)C)C5)CC4)c4cc(-c5cnc(C(C)(C)C)s5)ccn4)(CC2)CC3)cc1C. The molecular formula is C42H59N5O2S. The Morgan fingerprint density at radius 2 is 1.70 bits per heavy atom. The summed E-state index contributed by atoms with van der Waals surface area (Å²) in [7, 11) is 6.17. The van der Waals surface area contributed by atoms with Crippen molar-refractivity contribution in [3.05, 3.63) is 58.9 Å². The van der Waals surface area contributed by atoms with Gasteiger partial charge in [-0.25, -0.2) is 9.97 Å². The third-order valence-corrected chi connectivity index (χ3v) is 14.6. The second-order valence-corrected chi connectivity index (χ2v) is 18.5. The molecule has 1 saturated heterocycles. The van der Waals surface area contributed by atoms with Crippen molar-refractivity contribution in [3.8, 4) is 16.2 Å². The average Bonchev–Trinajstić information content (AvgIpc) is 3.83. The lowest BCUT2D eigenvalue weighted by Gasteiger charge is -2.55. The molecule has 0 N–H and O–H groups in total. The van der Waals surface area contributed by atoms with E-state index in [4.69, 9.17) is 14.7 Å². The highest BCUT2D eigenvalue weighted by atomic mass is 32.1. The Bertz CT molecular complexity index is 1640. The van der Waals surface area contributed by atoms with Gasteiger partial charge in [0.25, 0.3) is 0 Å². The van der Waals surface area contributed by atoms with E-state index in [0.29, 0.717) is 18.0 Å². The maximum absolute atomic E-state index is 14.8. The number of carbonyl (C=O) groups excluding carboxylic acids is 1. The van der Waals surface area contributed by atoms with Crippen molar-refractivity contribution in [2.24, 2.45) is 11.3 Å². The predicted molar refractivity (Wildman–Crippen MR) is 205 cm³/mol. The van der Waals surface area contributed by atoms with Gasteiger partial charge >= 0.3 is 0 Å². The van der Waals surface area contributed by atoms with E-state index in [1.165, 1.54) is 43.4 Å². The van der Waals surface area contributed by atoms with E-state index in [2.05, 4.69) is 86.8 Å². The summed E-state index contributed by atoms with van der Waals surface area (Å²) in [5.74, 6) is 2.14. The fourth-order valence-electron chi connectivity index (χ4n) is 9.65. The fraction of sp³-hybridized carbons (Fsp3) is 0.643. The van der Waals surface area contributed by atoms with Crippen LogP contribution >= 0.6 is 11.3 Å². The number of thiazole rings is 1. The van der Waals surface area contributed by atoms with Crippen LogP contribution in [-0.4, -0.2) is 78.6 Å². The van der Waals surface area contributed by atoms with Crippen LogP contribution in [0.2, 0.25) is 0 Å². The van der Waals surface area contributed by atoms with E-state index in [9.17, 15) is 4.79 Å². The summed E-state index contributed by atoms with van der Waals surface area (Å²) >= 11 is 1.75. The fourth-order valence-corrected chi connectivity index (χ4v) is 10.6. The van der Waals surface area contributed by atoms with E-state index in [1.807, 2.05) is 12.4 Å². The van der Waals surface area contributed by atoms with Crippen molar-refractivity contribution in [2.75, 3.05) is 45.7 Å². The van der Waals surface area contributed by atoms with Crippen LogP contribution in [0.15, 0.2) is 42.7 Å². The van der Waals surface area contributed by atoms with Crippen LogP contribution < -0.4 is 9.64 Å². The van der Waals surface area contributed by atoms with Crippen LogP contribution in [-0.2, 0) is 15.6 Å². The molecule has 2 aromatic heterocycles. The number of amides is 1. The van der Waals surface area contributed by atoms with Crippen molar-refractivity contribution in [1.29, 1.82) is 0 Å². The molecule has 0 spiro atoms. The molecule has 5 aliphatic rings. The number of likely N-dealkylation sites (N-methyl/N-ethyl adjacent to an activating group) is 1. The molecule has 4 saturated carbocycles. The lowest BCUT2D eigenvalue weighted by molar-refractivity contribution is -0.124. The molecule has 1 unspecified atom stereocenters. The second-order valence-electron chi connectivity index (χ2n) is 17.5. The minimum Gasteiger partial charge on any atom is -0.496 e. The lowest BCUT2D eigenvalue weighted by atomic mass is 9.51. The summed E-state index contributed by atoms with van der Waals surface area (Å²) in [6.45, 7) is 11.9. The highest BCUT2D eigenvalue weighted by Crippen LogP contribution is 2.58. The van der Waals surface area contributed by atoms with Gasteiger partial charge in [0.1, 0.15) is 11.6 Å². The maximum atomic E-state index is 14.8. The number of benzene rings is 1. The first kappa shape index (κ1) is 35.6. The van der Waals surface area contributed by atoms with Gasteiger partial charge in [0.2, 0.25) is 5.91 Å². The average molecular weight is 698 g/mol. The number of fused-ring (bicyclic) bond motifs is 3. The number of likely N-dealkylation sites (tertiary alicyclic amines) is 1. The molecule has 4 aliphatic carbocycles. The van der Waals surface area contributed by atoms with Crippen molar-refractivity contribution in [1.82, 2.24) is 19.8 Å². The Kier molecular flexibility index (Phi) is 9.94. The molecule has 270 valence electrons. The monoisotopic (exact) mass is 697 g/mol. The number of aryl methyl sites for hydroxylation is 1. The van der Waals surface area contributed by atoms with Gasteiger partial charge in [-0.1, -0.05) is 32.9 Å². The van der Waals surface area contributed by atoms with Crippen molar-refractivity contribution < 1.29 is 9.53 Å². The Labute approximate surface area is 304 Å². The van der Waals surface area contributed by atoms with E-state index in [0.717, 1.165) is 85.1 Å². The Hall–Kier alpha value is -2.81. The predicted octanol–water partition coefficient (Wildman–Crippen LogP) is 8.64. The molecule has 50 heavy (non-hydrogen) atoms. The zero-order valence-electron chi connectivity index (χ0n) is 31.6. The van der Waals surface area contributed by atoms with E-state index < -0.39 is 0 Å². The largest absolute Gasteiger partial charge is 0.496 e. The number of hydrogen-bond donors (Lipinski definition) is 0. The van der Waals surface area contributed by atoms with Gasteiger partial charge in [-0.2, -0.15) is 0 Å². The first-order valence-corrected chi connectivity index (χ1v) is 20.0. The topological polar surface area (TPSA) is 61.8 Å². The summed E-state index contributed by atoms with van der Waals surface area (Å²) in [5, 5.41) is 1.13. The maximum Gasteiger partial charge on any atom is 0.231 e. The van der Waals surface area contributed by atoms with Crippen molar-refractivity contribution in [2.45, 2.75) is 121 Å². The van der Waals surface area contributed by atoms with E-state index in [-0.39, 0.29) is 22.2 Å². The molecule has 1 atom stereocenters. The normalized spacial score (nSPS) is 28.7. The highest BCUT2D eigenvalue weighted by Gasteiger charge is 2.51. The first-order chi connectivity index (χ1) is 23.9. The number of rotatable bonds is 9. The molecule has 3 aromatic rings. The van der Waals surface area contributed by atoms with Gasteiger partial charge in [-0.05, 0) is 137 Å². The van der Waals surface area contributed by atoms with Gasteiger partial charge in [-0.15, -0.1) is 11.3 Å². The molecule has 5 fully saturated rings. The summed E-state index contributed by atoms with van der Waals surface area (Å²) in [4.78, 5) is 32.9. The number of aromatic nitrogens is 2. The van der Waals surface area contributed by atoms with Crippen LogP contribution in [0, 0.1) is 18.3 Å². The number of nitrogens with zero attached hydrogens (tertiary/aromatic N) is 5. The van der Waals surface area contributed by atoms with E-state index in [1.54, 1.807) is 18.4 Å². The highest BCUT2D eigenvalue weighted by molar-refractivity contribution is 7.15. The first-order valence-electron chi connectivity index (χ1n) is 19.2. The van der Waals surface area contributed by atoms with Gasteiger partial charge < -0.3 is 9.64 Å². The third kappa shape index (κ3) is 7.01. The van der Waals surface area contributed by atoms with Crippen molar-refractivity contribution >= 4 is 23.1 Å². The third-order valence-electron chi connectivity index (χ3n) is 13.1. The molecular weight excluding hydrogens is 639 g/mol. The molecule has 1 aliphatic heterocycles. The van der Waals surface area contributed by atoms with Gasteiger partial charge in [-0.3, -0.25) is 14.6 Å². The summed E-state index contributed by atoms with van der Waals surface area (Å²) in [6.07, 6.45) is 16.3. The molecule has 1 aromatic carbocycles. The number of methoxy groups -OCH3 is 1. The second kappa shape index (κ2) is 14.0. The molecule has 1 amide bonds. The van der Waals surface area contributed by atoms with Gasteiger partial charge in [0.15, 0.2) is 0 Å². The van der Waals surface area contributed by atoms with Crippen molar-refractivity contribution in [3.63, 3.8) is 0 Å². The van der Waals surface area contributed by atoms with Crippen LogP contribution in [0.1, 0.15) is 108 Å². The molecule has 8 heteroatoms. The van der Waals surface area contributed by atoms with E-state index >= 15 is 0 Å². The summed E-state index contributed by atoms with van der Waals surface area (Å²) in [6, 6.07) is 12.3. The summed E-state index contributed by atoms with van der Waals surface area (Å²) in [5.41, 5.74) is 4.17. The zero-order valence-corrected chi connectivity index (χ0v) is 32.5. The number of ether oxygens (including phenoxy) is 1. The minimum atomic E-state index is 0.00290. The zero-order chi connectivity index (χ0) is 35.3. The minimum absolute atomic E-state index is 0.00290. The quantitative estimate of drug-likeness (QED) is 0.223. The van der Waals surface area contributed by atoms with Crippen LogP contribution in [0.25, 0.3) is 10.4 Å². The molecule has 0 radical (unpaired) electrons. The number of hydrogen-bond acceptors (Lipinski definition) is 7. The van der Waals surface area contributed by atoms with Crippen LogP contribution in [0.4, 0.5) is 5.82 Å². The standard InChI is InChI=1S/C42H59N5O2S/c1-29-24-32(10-13-35(29)49-7)42-19-16-41(17-20-42,18-21-42)28-47(37-25-31(14-22-43-37)36-26-44-39(50-36)40(2,3)4)38(48)30-8-11-33(12-9-30)46-23-15-34(27-46)45(5)6/h10,13-14,22,24-26,30,33-34H,8-9,11-12,15-21,23,27-28H2,1-7H3. The number of carbonyl (C=O) groups is 1. The molecule has 2 bridgehead atoms. The number of pyridine rings is 1. The Balaban J connectivity index is 1.12. The lowest BCUT2D eigenvalue weighted by Crippen LogP contribution is -2.52. The van der Waals surface area contributed by atoms with Gasteiger partial charge in [0, 0.05) is 55.4 Å². The Morgan fingerprint density at radius 3 is 2.30 bits per heavy atom. The summed E-state index contributed by atoms with van der Waals surface area (Å²) < 4.78 is 5.58.